The van der Waals surface area contributed by atoms with Crippen molar-refractivity contribution in [2.45, 2.75) is 6.42 Å². The van der Waals surface area contributed by atoms with Gasteiger partial charge in [-0.05, 0) is 18.1 Å². The Kier molecular flexibility index (Phi) is 3.44. The maximum atomic E-state index is 11.2. The highest BCUT2D eigenvalue weighted by Crippen LogP contribution is 2.21. The molecule has 2 aromatic rings. The van der Waals surface area contributed by atoms with Crippen molar-refractivity contribution in [3.05, 3.63) is 36.1 Å². The standard InChI is InChI=1S/C13H15NO3/c1-14(13(16)8-15)7-6-10-9-17-12-5-3-2-4-11(10)12/h2-5,9,15H,6-8H2,1H3. The quantitative estimate of drug-likeness (QED) is 0.869. The van der Waals surface area contributed by atoms with Crippen LogP contribution in [0.3, 0.4) is 0 Å². The van der Waals surface area contributed by atoms with E-state index in [-0.39, 0.29) is 5.91 Å². The summed E-state index contributed by atoms with van der Waals surface area (Å²) >= 11 is 0. The van der Waals surface area contributed by atoms with Crippen LogP contribution in [0.25, 0.3) is 11.0 Å². The first-order valence-electron chi connectivity index (χ1n) is 5.52. The number of hydrogen-bond acceptors (Lipinski definition) is 3. The molecule has 4 nitrogen and oxygen atoms in total. The molecule has 90 valence electrons. The van der Waals surface area contributed by atoms with E-state index in [9.17, 15) is 4.79 Å². The van der Waals surface area contributed by atoms with E-state index in [1.807, 2.05) is 24.3 Å². The number of rotatable bonds is 4. The lowest BCUT2D eigenvalue weighted by Crippen LogP contribution is -2.30. The number of carbonyl (C=O) groups excluding carboxylic acids is 1. The first-order valence-corrected chi connectivity index (χ1v) is 5.52. The average Bonchev–Trinajstić information content (AvgIpc) is 2.78. The van der Waals surface area contributed by atoms with Gasteiger partial charge in [-0.2, -0.15) is 0 Å². The molecule has 1 aromatic carbocycles. The molecular weight excluding hydrogens is 218 g/mol. The summed E-state index contributed by atoms with van der Waals surface area (Å²) in [5.41, 5.74) is 1.94. The molecule has 0 radical (unpaired) electrons. The van der Waals surface area contributed by atoms with Gasteiger partial charge in [0, 0.05) is 19.0 Å². The van der Waals surface area contributed by atoms with E-state index in [1.165, 1.54) is 4.90 Å². The predicted molar refractivity (Wildman–Crippen MR) is 64.6 cm³/mol. The second kappa shape index (κ2) is 5.01. The molecular formula is C13H15NO3. The van der Waals surface area contributed by atoms with Crippen LogP contribution in [-0.4, -0.2) is 36.1 Å². The van der Waals surface area contributed by atoms with Gasteiger partial charge in [0.15, 0.2) is 0 Å². The highest BCUT2D eigenvalue weighted by Gasteiger charge is 2.09. The van der Waals surface area contributed by atoms with Crippen molar-refractivity contribution >= 4 is 16.9 Å². The largest absolute Gasteiger partial charge is 0.464 e. The van der Waals surface area contributed by atoms with Crippen molar-refractivity contribution in [2.75, 3.05) is 20.2 Å². The first-order chi connectivity index (χ1) is 8.22. The van der Waals surface area contributed by atoms with Gasteiger partial charge in [0.05, 0.1) is 6.26 Å². The fourth-order valence-corrected chi connectivity index (χ4v) is 1.76. The van der Waals surface area contributed by atoms with Gasteiger partial charge in [-0.25, -0.2) is 0 Å². The minimum absolute atomic E-state index is 0.266. The highest BCUT2D eigenvalue weighted by molar-refractivity contribution is 5.81. The number of carbonyl (C=O) groups is 1. The van der Waals surface area contributed by atoms with Gasteiger partial charge in [0.1, 0.15) is 12.2 Å². The molecule has 0 aliphatic heterocycles. The molecule has 0 aliphatic carbocycles. The number of amides is 1. The second-order valence-electron chi connectivity index (χ2n) is 3.98. The number of fused-ring (bicyclic) bond motifs is 1. The number of aliphatic hydroxyl groups is 1. The molecule has 0 atom stereocenters. The lowest BCUT2D eigenvalue weighted by Gasteiger charge is -2.14. The third-order valence-electron chi connectivity index (χ3n) is 2.84. The number of aliphatic hydroxyl groups excluding tert-OH is 1. The van der Waals surface area contributed by atoms with Gasteiger partial charge in [-0.15, -0.1) is 0 Å². The number of nitrogens with zero attached hydrogens (tertiary/aromatic N) is 1. The minimum Gasteiger partial charge on any atom is -0.464 e. The lowest BCUT2D eigenvalue weighted by atomic mass is 10.1. The van der Waals surface area contributed by atoms with Gasteiger partial charge in [-0.1, -0.05) is 18.2 Å². The molecule has 0 fully saturated rings. The van der Waals surface area contributed by atoms with Crippen molar-refractivity contribution in [1.29, 1.82) is 0 Å². The predicted octanol–water partition coefficient (Wildman–Crippen LogP) is 1.43. The Morgan fingerprint density at radius 1 is 1.41 bits per heavy atom. The van der Waals surface area contributed by atoms with Gasteiger partial charge in [0.25, 0.3) is 0 Å². The summed E-state index contributed by atoms with van der Waals surface area (Å²) in [4.78, 5) is 12.7. The molecule has 0 saturated heterocycles. The van der Waals surface area contributed by atoms with E-state index >= 15 is 0 Å². The summed E-state index contributed by atoms with van der Waals surface area (Å²) in [6, 6.07) is 7.81. The summed E-state index contributed by atoms with van der Waals surface area (Å²) in [5, 5.41) is 9.81. The van der Waals surface area contributed by atoms with Crippen LogP contribution in [0.1, 0.15) is 5.56 Å². The zero-order valence-corrected chi connectivity index (χ0v) is 9.72. The van der Waals surface area contributed by atoms with Gasteiger partial charge < -0.3 is 14.4 Å². The van der Waals surface area contributed by atoms with E-state index in [0.29, 0.717) is 6.54 Å². The SMILES string of the molecule is CN(CCc1coc2ccccc12)C(=O)CO. The molecule has 0 aliphatic rings. The van der Waals surface area contributed by atoms with E-state index in [4.69, 9.17) is 9.52 Å². The Morgan fingerprint density at radius 3 is 2.94 bits per heavy atom. The number of hydrogen-bond donors (Lipinski definition) is 1. The highest BCUT2D eigenvalue weighted by atomic mass is 16.3. The van der Waals surface area contributed by atoms with Gasteiger partial charge in [0.2, 0.25) is 5.91 Å². The summed E-state index contributed by atoms with van der Waals surface area (Å²) in [6.07, 6.45) is 2.45. The Bertz CT molecular complexity index is 518. The maximum absolute atomic E-state index is 11.2. The van der Waals surface area contributed by atoms with Crippen LogP contribution in [0.2, 0.25) is 0 Å². The van der Waals surface area contributed by atoms with Crippen LogP contribution in [0.15, 0.2) is 34.9 Å². The van der Waals surface area contributed by atoms with Gasteiger partial charge in [-0.3, -0.25) is 4.79 Å². The summed E-state index contributed by atoms with van der Waals surface area (Å²) in [6.45, 7) is 0.131. The van der Waals surface area contributed by atoms with Crippen LogP contribution in [0.5, 0.6) is 0 Å². The summed E-state index contributed by atoms with van der Waals surface area (Å²) < 4.78 is 5.42. The van der Waals surface area contributed by atoms with Crippen molar-refractivity contribution in [3.8, 4) is 0 Å². The Morgan fingerprint density at radius 2 is 2.18 bits per heavy atom. The van der Waals surface area contributed by atoms with E-state index < -0.39 is 6.61 Å². The van der Waals surface area contributed by atoms with E-state index in [0.717, 1.165) is 23.0 Å². The fraction of sp³-hybridized carbons (Fsp3) is 0.308. The van der Waals surface area contributed by atoms with Crippen molar-refractivity contribution < 1.29 is 14.3 Å². The maximum Gasteiger partial charge on any atom is 0.248 e. The number of para-hydroxylation sites is 1. The zero-order chi connectivity index (χ0) is 12.3. The Labute approximate surface area is 99.4 Å². The molecule has 1 amide bonds. The van der Waals surface area contributed by atoms with E-state index in [1.54, 1.807) is 13.3 Å². The van der Waals surface area contributed by atoms with Gasteiger partial charge >= 0.3 is 0 Å². The lowest BCUT2D eigenvalue weighted by molar-refractivity contribution is -0.132. The number of likely N-dealkylation sites (N-methyl/N-ethyl adjacent to an activating group) is 1. The molecule has 0 spiro atoms. The smallest absolute Gasteiger partial charge is 0.248 e. The topological polar surface area (TPSA) is 53.7 Å². The van der Waals surface area contributed by atoms with Crippen LogP contribution >= 0.6 is 0 Å². The molecule has 17 heavy (non-hydrogen) atoms. The van der Waals surface area contributed by atoms with Crippen molar-refractivity contribution in [2.24, 2.45) is 0 Å². The van der Waals surface area contributed by atoms with Crippen LogP contribution in [-0.2, 0) is 11.2 Å². The summed E-state index contributed by atoms with van der Waals surface area (Å²) in [7, 11) is 1.68. The molecule has 0 bridgehead atoms. The molecule has 1 N–H and O–H groups in total. The Hall–Kier alpha value is -1.81. The molecule has 0 saturated carbocycles. The number of furan rings is 1. The van der Waals surface area contributed by atoms with Crippen molar-refractivity contribution in [1.82, 2.24) is 4.90 Å². The monoisotopic (exact) mass is 233 g/mol. The molecule has 0 unspecified atom stereocenters. The minimum atomic E-state index is -0.442. The molecule has 4 heteroatoms. The molecule has 1 aromatic heterocycles. The Balaban J connectivity index is 2.07. The second-order valence-corrected chi connectivity index (χ2v) is 3.98. The normalized spacial score (nSPS) is 10.7. The third-order valence-corrected chi connectivity index (χ3v) is 2.84. The van der Waals surface area contributed by atoms with Crippen LogP contribution < -0.4 is 0 Å². The zero-order valence-electron chi connectivity index (χ0n) is 9.72. The first kappa shape index (κ1) is 11.7. The average molecular weight is 233 g/mol. The van der Waals surface area contributed by atoms with Crippen LogP contribution in [0.4, 0.5) is 0 Å². The van der Waals surface area contributed by atoms with E-state index in [2.05, 4.69) is 0 Å². The third kappa shape index (κ3) is 2.47. The number of benzene rings is 1. The fourth-order valence-electron chi connectivity index (χ4n) is 1.76. The molecule has 2 rings (SSSR count). The molecule has 1 heterocycles. The van der Waals surface area contributed by atoms with Crippen LogP contribution in [0, 0.1) is 0 Å². The van der Waals surface area contributed by atoms with Crippen molar-refractivity contribution in [3.63, 3.8) is 0 Å². The summed E-state index contributed by atoms with van der Waals surface area (Å²) in [5.74, 6) is -0.266.